The molecular weight excluding hydrogens is 286 g/mol. The van der Waals surface area contributed by atoms with Gasteiger partial charge in [0, 0.05) is 35.7 Å². The van der Waals surface area contributed by atoms with E-state index in [2.05, 4.69) is 33.2 Å². The van der Waals surface area contributed by atoms with Crippen molar-refractivity contribution in [2.75, 3.05) is 0 Å². The van der Waals surface area contributed by atoms with Crippen LogP contribution < -0.4 is 4.74 Å². The Labute approximate surface area is 133 Å². The number of pyridine rings is 1. The van der Waals surface area contributed by atoms with Gasteiger partial charge in [-0.1, -0.05) is 30.3 Å². The zero-order chi connectivity index (χ0) is 15.5. The number of hydrogen-bond acceptors (Lipinski definition) is 4. The first-order chi connectivity index (χ1) is 11.4. The average molecular weight is 299 g/mol. The molecule has 0 fully saturated rings. The van der Waals surface area contributed by atoms with Crippen LogP contribution in [0.1, 0.15) is 0 Å². The number of fused-ring (bicyclic) bond motifs is 1. The van der Waals surface area contributed by atoms with Crippen molar-refractivity contribution in [3.8, 4) is 22.9 Å². The first-order valence-electron chi connectivity index (χ1n) is 7.28. The molecule has 2 aromatic heterocycles. The number of nitrogens with zero attached hydrogens (tertiary/aromatic N) is 3. The van der Waals surface area contributed by atoms with Crippen LogP contribution in [0.25, 0.3) is 21.9 Å². The predicted octanol–water partition coefficient (Wildman–Crippen LogP) is 4.48. The van der Waals surface area contributed by atoms with Crippen LogP contribution in [0.5, 0.6) is 11.8 Å². The summed E-state index contributed by atoms with van der Waals surface area (Å²) in [6, 6.07) is 18.0. The molecule has 0 radical (unpaired) electrons. The quantitative estimate of drug-likeness (QED) is 0.559. The third-order valence-electron chi connectivity index (χ3n) is 3.55. The molecule has 4 heteroatoms. The molecule has 0 aliphatic heterocycles. The Kier molecular flexibility index (Phi) is 3.41. The predicted molar refractivity (Wildman–Crippen MR) is 89.3 cm³/mol. The van der Waals surface area contributed by atoms with E-state index < -0.39 is 0 Å². The summed E-state index contributed by atoms with van der Waals surface area (Å²) in [7, 11) is 0. The Balaban J connectivity index is 1.61. The van der Waals surface area contributed by atoms with Crippen molar-refractivity contribution in [3.63, 3.8) is 0 Å². The molecular formula is C19H13N3O. The fourth-order valence-corrected chi connectivity index (χ4v) is 2.38. The minimum atomic E-state index is 0.336. The topological polar surface area (TPSA) is 47.9 Å². The van der Waals surface area contributed by atoms with E-state index in [4.69, 9.17) is 4.74 Å². The lowest BCUT2D eigenvalue weighted by molar-refractivity contribution is 0.442. The van der Waals surface area contributed by atoms with Crippen molar-refractivity contribution >= 4 is 10.8 Å². The zero-order valence-corrected chi connectivity index (χ0v) is 12.3. The fraction of sp³-hybridized carbons (Fsp3) is 0. The minimum Gasteiger partial charge on any atom is -0.424 e. The smallest absolute Gasteiger partial charge is 0.321 e. The maximum Gasteiger partial charge on any atom is 0.321 e. The van der Waals surface area contributed by atoms with Gasteiger partial charge in [0.05, 0.1) is 0 Å². The molecule has 23 heavy (non-hydrogen) atoms. The first kappa shape index (κ1) is 13.4. The van der Waals surface area contributed by atoms with Gasteiger partial charge in [-0.05, 0) is 35.2 Å². The molecule has 0 aliphatic carbocycles. The SMILES string of the molecule is c1ccc(Oc2ncc(-c3ccc4ccncc4c3)cn2)cc1. The molecule has 0 bridgehead atoms. The average Bonchev–Trinajstić information content (AvgIpc) is 2.63. The van der Waals surface area contributed by atoms with Crippen LogP contribution in [-0.2, 0) is 0 Å². The number of para-hydroxylation sites is 1. The lowest BCUT2D eigenvalue weighted by atomic mass is 10.1. The van der Waals surface area contributed by atoms with E-state index in [1.54, 1.807) is 18.6 Å². The molecule has 0 saturated heterocycles. The Morgan fingerprint density at radius 1 is 0.696 bits per heavy atom. The molecule has 0 spiro atoms. The van der Waals surface area contributed by atoms with Gasteiger partial charge in [0.15, 0.2) is 0 Å². The fourth-order valence-electron chi connectivity index (χ4n) is 2.38. The van der Waals surface area contributed by atoms with Gasteiger partial charge in [0.25, 0.3) is 0 Å². The summed E-state index contributed by atoms with van der Waals surface area (Å²) in [5, 5.41) is 2.25. The molecule has 110 valence electrons. The lowest BCUT2D eigenvalue weighted by Gasteiger charge is -2.05. The summed E-state index contributed by atoms with van der Waals surface area (Å²) < 4.78 is 5.61. The van der Waals surface area contributed by atoms with E-state index in [9.17, 15) is 0 Å². The van der Waals surface area contributed by atoms with Crippen LogP contribution in [0.3, 0.4) is 0 Å². The van der Waals surface area contributed by atoms with Crippen molar-refractivity contribution in [3.05, 3.63) is 79.4 Å². The number of rotatable bonds is 3. The second-order valence-electron chi connectivity index (χ2n) is 5.11. The largest absolute Gasteiger partial charge is 0.424 e. The van der Waals surface area contributed by atoms with Crippen LogP contribution >= 0.6 is 0 Å². The lowest BCUT2D eigenvalue weighted by Crippen LogP contribution is -1.92. The van der Waals surface area contributed by atoms with Gasteiger partial charge < -0.3 is 4.74 Å². The van der Waals surface area contributed by atoms with Gasteiger partial charge >= 0.3 is 6.01 Å². The maximum atomic E-state index is 5.61. The molecule has 4 nitrogen and oxygen atoms in total. The summed E-state index contributed by atoms with van der Waals surface area (Å²) in [5.41, 5.74) is 1.99. The third-order valence-corrected chi connectivity index (χ3v) is 3.55. The third kappa shape index (κ3) is 2.87. The minimum absolute atomic E-state index is 0.336. The highest BCUT2D eigenvalue weighted by molar-refractivity contribution is 5.86. The van der Waals surface area contributed by atoms with Gasteiger partial charge in [-0.25, -0.2) is 9.97 Å². The molecule has 2 heterocycles. The Morgan fingerprint density at radius 2 is 1.52 bits per heavy atom. The first-order valence-corrected chi connectivity index (χ1v) is 7.28. The summed E-state index contributed by atoms with van der Waals surface area (Å²) in [6.07, 6.45) is 7.18. The summed E-state index contributed by atoms with van der Waals surface area (Å²) in [4.78, 5) is 12.7. The van der Waals surface area contributed by atoms with Gasteiger partial charge in [-0.2, -0.15) is 0 Å². The van der Waals surface area contributed by atoms with Gasteiger partial charge in [0.2, 0.25) is 0 Å². The van der Waals surface area contributed by atoms with E-state index in [0.29, 0.717) is 6.01 Å². The summed E-state index contributed by atoms with van der Waals surface area (Å²) in [5.74, 6) is 0.719. The summed E-state index contributed by atoms with van der Waals surface area (Å²) in [6.45, 7) is 0. The Morgan fingerprint density at radius 3 is 2.35 bits per heavy atom. The van der Waals surface area contributed by atoms with Gasteiger partial charge in [0.1, 0.15) is 5.75 Å². The molecule has 0 atom stereocenters. The van der Waals surface area contributed by atoms with Crippen molar-refractivity contribution in [1.29, 1.82) is 0 Å². The molecule has 0 amide bonds. The van der Waals surface area contributed by atoms with Crippen molar-refractivity contribution < 1.29 is 4.74 Å². The highest BCUT2D eigenvalue weighted by Crippen LogP contribution is 2.24. The monoisotopic (exact) mass is 299 g/mol. The van der Waals surface area contributed by atoms with Crippen LogP contribution in [0, 0.1) is 0 Å². The second kappa shape index (κ2) is 5.85. The number of hydrogen-bond donors (Lipinski definition) is 0. The van der Waals surface area contributed by atoms with E-state index >= 15 is 0 Å². The van der Waals surface area contributed by atoms with Gasteiger partial charge in [-0.15, -0.1) is 0 Å². The van der Waals surface area contributed by atoms with Crippen LogP contribution in [0.2, 0.25) is 0 Å². The van der Waals surface area contributed by atoms with Crippen molar-refractivity contribution in [2.24, 2.45) is 0 Å². The van der Waals surface area contributed by atoms with Gasteiger partial charge in [-0.3, -0.25) is 4.98 Å². The number of ether oxygens (including phenoxy) is 1. The molecule has 4 aromatic rings. The van der Waals surface area contributed by atoms with Crippen LogP contribution in [0.4, 0.5) is 0 Å². The maximum absolute atomic E-state index is 5.61. The standard InChI is InChI=1S/C19H13N3O/c1-2-4-18(5-3-1)23-19-21-12-17(13-22-19)15-7-6-14-8-9-20-11-16(14)10-15/h1-13H. The van der Waals surface area contributed by atoms with E-state index in [0.717, 1.165) is 27.6 Å². The van der Waals surface area contributed by atoms with E-state index in [1.807, 2.05) is 42.6 Å². The molecule has 4 rings (SSSR count). The summed E-state index contributed by atoms with van der Waals surface area (Å²) >= 11 is 0. The van der Waals surface area contributed by atoms with Crippen molar-refractivity contribution in [2.45, 2.75) is 0 Å². The molecule has 0 aliphatic rings. The molecule has 0 saturated carbocycles. The van der Waals surface area contributed by atoms with E-state index in [1.165, 1.54) is 0 Å². The Bertz CT molecular complexity index is 937. The van der Waals surface area contributed by atoms with E-state index in [-0.39, 0.29) is 0 Å². The highest BCUT2D eigenvalue weighted by Gasteiger charge is 2.04. The second-order valence-corrected chi connectivity index (χ2v) is 5.11. The number of aromatic nitrogens is 3. The zero-order valence-electron chi connectivity index (χ0n) is 12.3. The normalized spacial score (nSPS) is 10.6. The molecule has 0 N–H and O–H groups in total. The highest BCUT2D eigenvalue weighted by atomic mass is 16.5. The molecule has 0 unspecified atom stereocenters. The Hall–Kier alpha value is -3.27. The number of benzene rings is 2. The van der Waals surface area contributed by atoms with Crippen molar-refractivity contribution in [1.82, 2.24) is 15.0 Å². The molecule has 2 aromatic carbocycles. The van der Waals surface area contributed by atoms with Crippen LogP contribution in [-0.4, -0.2) is 15.0 Å². The van der Waals surface area contributed by atoms with Crippen LogP contribution in [0.15, 0.2) is 79.4 Å².